The number of aromatic nitrogens is 2. The number of aryl methyl sites for hydroxylation is 1. The van der Waals surface area contributed by atoms with Crippen molar-refractivity contribution in [3.05, 3.63) is 25.3 Å². The molecule has 0 radical (unpaired) electrons. The predicted octanol–water partition coefficient (Wildman–Crippen LogP) is -0.540. The molecule has 0 atom stereocenters. The predicted molar refractivity (Wildman–Crippen MR) is 55.2 cm³/mol. The zero-order chi connectivity index (χ0) is 9.52. The van der Waals surface area contributed by atoms with Crippen LogP contribution in [0, 0.1) is 0 Å². The third-order valence-corrected chi connectivity index (χ3v) is 2.19. The lowest BCUT2D eigenvalue weighted by Crippen LogP contribution is -3.00. The number of hydrogen-bond donors (Lipinski definition) is 0. The van der Waals surface area contributed by atoms with Gasteiger partial charge < -0.3 is 24.0 Å². The van der Waals surface area contributed by atoms with Crippen molar-refractivity contribution in [3.8, 4) is 0 Å². The minimum absolute atomic E-state index is 0. The molecule has 0 aliphatic carbocycles. The normalized spacial score (nSPS) is 9.50. The van der Waals surface area contributed by atoms with Crippen molar-refractivity contribution in [2.45, 2.75) is 39.2 Å². The highest BCUT2D eigenvalue weighted by atomic mass is 127. The Hall–Kier alpha value is -0.320. The highest BCUT2D eigenvalue weighted by Gasteiger charge is 1.99. The minimum atomic E-state index is 0. The van der Waals surface area contributed by atoms with Gasteiger partial charge in [-0.15, -0.1) is 0 Å². The monoisotopic (exact) mass is 306 g/mol. The van der Waals surface area contributed by atoms with E-state index < -0.39 is 0 Å². The Bertz CT molecular complexity index is 256. The Balaban J connectivity index is 0.00000169. The summed E-state index contributed by atoms with van der Waals surface area (Å²) < 4.78 is 4.18. The van der Waals surface area contributed by atoms with Crippen LogP contribution in [0.25, 0.3) is 6.20 Å². The maximum atomic E-state index is 3.70. The molecule has 0 fully saturated rings. The number of unbranched alkanes of at least 4 members (excludes halogenated alkanes) is 3. The molecule has 1 aromatic rings. The molecule has 80 valence electrons. The van der Waals surface area contributed by atoms with E-state index in [4.69, 9.17) is 0 Å². The Morgan fingerprint density at radius 3 is 2.71 bits per heavy atom. The van der Waals surface area contributed by atoms with Crippen molar-refractivity contribution in [3.63, 3.8) is 0 Å². The van der Waals surface area contributed by atoms with Crippen LogP contribution in [-0.2, 0) is 6.54 Å². The molecule has 0 aliphatic heterocycles. The number of hydrogen-bond acceptors (Lipinski definition) is 0. The van der Waals surface area contributed by atoms with Crippen LogP contribution >= 0.6 is 0 Å². The summed E-state index contributed by atoms with van der Waals surface area (Å²) in [5.41, 5.74) is 0. The van der Waals surface area contributed by atoms with Crippen LogP contribution in [0.4, 0.5) is 0 Å². The number of nitrogens with zero attached hydrogens (tertiary/aromatic N) is 2. The summed E-state index contributed by atoms with van der Waals surface area (Å²) in [5, 5.41) is 0. The summed E-state index contributed by atoms with van der Waals surface area (Å²) in [6.07, 6.45) is 13.3. The molecular formula is C11H19IN2. The SMILES string of the molecule is C=C[n+]1ccn(CCCCCC)c1.[I-]. The third kappa shape index (κ3) is 4.79. The van der Waals surface area contributed by atoms with E-state index in [1.807, 2.05) is 17.0 Å². The van der Waals surface area contributed by atoms with Gasteiger partial charge in [0.15, 0.2) is 0 Å². The van der Waals surface area contributed by atoms with E-state index in [0.29, 0.717) is 0 Å². The fourth-order valence-electron chi connectivity index (χ4n) is 1.37. The molecule has 14 heavy (non-hydrogen) atoms. The van der Waals surface area contributed by atoms with Gasteiger partial charge in [-0.25, -0.2) is 9.13 Å². The fourth-order valence-corrected chi connectivity index (χ4v) is 1.37. The van der Waals surface area contributed by atoms with Crippen molar-refractivity contribution in [2.24, 2.45) is 0 Å². The zero-order valence-electron chi connectivity index (χ0n) is 8.82. The Morgan fingerprint density at radius 2 is 2.14 bits per heavy atom. The Kier molecular flexibility index (Phi) is 7.84. The van der Waals surface area contributed by atoms with E-state index in [2.05, 4.69) is 30.6 Å². The highest BCUT2D eigenvalue weighted by molar-refractivity contribution is 4.94. The molecular weight excluding hydrogens is 287 g/mol. The van der Waals surface area contributed by atoms with E-state index in [9.17, 15) is 0 Å². The number of imidazole rings is 1. The first-order chi connectivity index (χ1) is 6.36. The lowest BCUT2D eigenvalue weighted by Gasteiger charge is -1.95. The maximum absolute atomic E-state index is 3.70. The summed E-state index contributed by atoms with van der Waals surface area (Å²) >= 11 is 0. The minimum Gasteiger partial charge on any atom is -1.00 e. The topological polar surface area (TPSA) is 8.81 Å². The van der Waals surface area contributed by atoms with Crippen molar-refractivity contribution in [1.29, 1.82) is 0 Å². The van der Waals surface area contributed by atoms with Crippen LogP contribution < -0.4 is 28.5 Å². The van der Waals surface area contributed by atoms with Gasteiger partial charge >= 0.3 is 0 Å². The van der Waals surface area contributed by atoms with Gasteiger partial charge in [0.25, 0.3) is 0 Å². The molecule has 1 aromatic heterocycles. The van der Waals surface area contributed by atoms with Crippen molar-refractivity contribution in [1.82, 2.24) is 4.57 Å². The fraction of sp³-hybridized carbons (Fsp3) is 0.545. The Morgan fingerprint density at radius 1 is 1.36 bits per heavy atom. The van der Waals surface area contributed by atoms with Gasteiger partial charge in [-0.05, 0) is 12.8 Å². The van der Waals surface area contributed by atoms with Gasteiger partial charge in [-0.2, -0.15) is 0 Å². The first kappa shape index (κ1) is 13.7. The van der Waals surface area contributed by atoms with Crippen LogP contribution in [0.5, 0.6) is 0 Å². The van der Waals surface area contributed by atoms with E-state index in [1.54, 1.807) is 0 Å². The first-order valence-electron chi connectivity index (χ1n) is 5.06. The number of halogens is 1. The second kappa shape index (κ2) is 8.03. The van der Waals surface area contributed by atoms with E-state index in [0.717, 1.165) is 6.54 Å². The van der Waals surface area contributed by atoms with Crippen molar-refractivity contribution < 1.29 is 28.5 Å². The van der Waals surface area contributed by atoms with Crippen LogP contribution in [0.3, 0.4) is 0 Å². The van der Waals surface area contributed by atoms with Crippen LogP contribution in [-0.4, -0.2) is 4.57 Å². The summed E-state index contributed by atoms with van der Waals surface area (Å²) in [6.45, 7) is 7.07. The molecule has 0 bridgehead atoms. The average molecular weight is 306 g/mol. The van der Waals surface area contributed by atoms with Crippen molar-refractivity contribution >= 4 is 6.20 Å². The molecule has 0 amide bonds. The molecule has 0 saturated carbocycles. The van der Waals surface area contributed by atoms with Gasteiger partial charge in [0, 0.05) is 0 Å². The lowest BCUT2D eigenvalue weighted by atomic mass is 10.2. The largest absolute Gasteiger partial charge is 1.00 e. The second-order valence-electron chi connectivity index (χ2n) is 3.34. The van der Waals surface area contributed by atoms with Gasteiger partial charge in [0.05, 0.1) is 12.7 Å². The molecule has 0 N–H and O–H groups in total. The second-order valence-corrected chi connectivity index (χ2v) is 3.34. The molecule has 0 spiro atoms. The van der Waals surface area contributed by atoms with E-state index >= 15 is 0 Å². The smallest absolute Gasteiger partial charge is 0.248 e. The molecule has 1 rings (SSSR count). The molecule has 0 unspecified atom stereocenters. The molecule has 2 nitrogen and oxygen atoms in total. The molecule has 1 heterocycles. The Labute approximate surface area is 104 Å². The summed E-state index contributed by atoms with van der Waals surface area (Å²) in [5.74, 6) is 0. The maximum Gasteiger partial charge on any atom is 0.248 e. The lowest BCUT2D eigenvalue weighted by molar-refractivity contribution is -0.567. The van der Waals surface area contributed by atoms with Gasteiger partial charge in [0.2, 0.25) is 6.33 Å². The zero-order valence-corrected chi connectivity index (χ0v) is 11.0. The van der Waals surface area contributed by atoms with E-state index in [-0.39, 0.29) is 24.0 Å². The number of rotatable bonds is 6. The highest BCUT2D eigenvalue weighted by Crippen LogP contribution is 2.00. The quantitative estimate of drug-likeness (QED) is 0.379. The standard InChI is InChI=1S/C11H19N2.HI/c1-3-5-6-7-8-13-10-9-12(4-2)11-13;/h4,9-11H,2-3,5-8H2,1H3;1H/q+1;/p-1. The first-order valence-corrected chi connectivity index (χ1v) is 5.06. The van der Waals surface area contributed by atoms with Gasteiger partial charge in [0.1, 0.15) is 12.4 Å². The third-order valence-electron chi connectivity index (χ3n) is 2.19. The van der Waals surface area contributed by atoms with Gasteiger partial charge in [-0.1, -0.05) is 26.3 Å². The molecule has 3 heteroatoms. The molecule has 0 saturated heterocycles. The van der Waals surface area contributed by atoms with Crippen LogP contribution in [0.1, 0.15) is 32.6 Å². The molecule has 0 aromatic carbocycles. The average Bonchev–Trinajstić information content (AvgIpc) is 2.60. The molecule has 0 aliphatic rings. The van der Waals surface area contributed by atoms with Crippen LogP contribution in [0.2, 0.25) is 0 Å². The van der Waals surface area contributed by atoms with E-state index in [1.165, 1.54) is 25.7 Å². The van der Waals surface area contributed by atoms with Gasteiger partial charge in [-0.3, -0.25) is 0 Å². The van der Waals surface area contributed by atoms with Crippen LogP contribution in [0.15, 0.2) is 25.3 Å². The summed E-state index contributed by atoms with van der Waals surface area (Å²) in [4.78, 5) is 0. The summed E-state index contributed by atoms with van der Waals surface area (Å²) in [7, 11) is 0. The summed E-state index contributed by atoms with van der Waals surface area (Å²) in [6, 6.07) is 0. The van der Waals surface area contributed by atoms with Crippen molar-refractivity contribution in [2.75, 3.05) is 0 Å².